The number of hydrogen-bond donors (Lipinski definition) is 1. The number of hydrogen-bond acceptors (Lipinski definition) is 14. The standard InChI is InChI=1S/C15H24N4O14/c20-13(5-3-9-32-18(25)26)16-12(11-30-14(21)6-4-10-33-19(27)28)15(22)29-7-1-2-8-31-17(23)24/h12H,1-11H2,(H,16,20). The summed E-state index contributed by atoms with van der Waals surface area (Å²) in [5.41, 5.74) is 0. The minimum atomic E-state index is -1.40. The Labute approximate surface area is 185 Å². The Bertz CT molecular complexity index is 673. The fourth-order valence-electron chi connectivity index (χ4n) is 2.03. The predicted octanol–water partition coefficient (Wildman–Crippen LogP) is -0.477. The molecule has 1 amide bonds. The summed E-state index contributed by atoms with van der Waals surface area (Å²) in [4.78, 5) is 78.2. The van der Waals surface area contributed by atoms with Crippen molar-refractivity contribution in [2.24, 2.45) is 0 Å². The quantitative estimate of drug-likeness (QED) is 0.0993. The molecule has 0 spiro atoms. The van der Waals surface area contributed by atoms with Gasteiger partial charge in [0.05, 0.1) is 26.4 Å². The predicted molar refractivity (Wildman–Crippen MR) is 100 cm³/mol. The van der Waals surface area contributed by atoms with Gasteiger partial charge in [-0.3, -0.25) is 9.59 Å². The second-order valence-corrected chi connectivity index (χ2v) is 6.06. The summed E-state index contributed by atoms with van der Waals surface area (Å²) in [5, 5.41) is 29.4. The number of esters is 2. The first-order chi connectivity index (χ1) is 15.6. The summed E-state index contributed by atoms with van der Waals surface area (Å²) < 4.78 is 9.82. The van der Waals surface area contributed by atoms with Gasteiger partial charge in [-0.2, -0.15) is 0 Å². The lowest BCUT2D eigenvalue weighted by Crippen LogP contribution is -2.45. The maximum absolute atomic E-state index is 12.2. The Balaban J connectivity index is 4.54. The SMILES string of the molecule is O=C(CCCO[N+](=O)[O-])NC(COC(=O)CCCO[N+](=O)[O-])C(=O)OCCCCO[N+](=O)[O-]. The van der Waals surface area contributed by atoms with E-state index in [2.05, 4.69) is 19.8 Å². The molecule has 18 heteroatoms. The smallest absolute Gasteiger partial charge is 0.332 e. The van der Waals surface area contributed by atoms with Crippen molar-refractivity contribution in [1.82, 2.24) is 5.32 Å². The van der Waals surface area contributed by atoms with Crippen LogP contribution in [0, 0.1) is 30.3 Å². The molecule has 0 rings (SSSR count). The fourth-order valence-corrected chi connectivity index (χ4v) is 2.03. The van der Waals surface area contributed by atoms with Crippen LogP contribution in [0.25, 0.3) is 0 Å². The van der Waals surface area contributed by atoms with Crippen molar-refractivity contribution in [1.29, 1.82) is 0 Å². The van der Waals surface area contributed by atoms with E-state index in [9.17, 15) is 44.7 Å². The Kier molecular flexibility index (Phi) is 15.5. The Hall–Kier alpha value is -3.99. The van der Waals surface area contributed by atoms with Crippen molar-refractivity contribution in [3.63, 3.8) is 0 Å². The third-order valence-electron chi connectivity index (χ3n) is 3.48. The molecular weight excluding hydrogens is 460 g/mol. The van der Waals surface area contributed by atoms with Gasteiger partial charge in [-0.1, -0.05) is 0 Å². The van der Waals surface area contributed by atoms with Gasteiger partial charge in [0.25, 0.3) is 15.3 Å². The molecule has 0 aromatic rings. The molecule has 18 nitrogen and oxygen atoms in total. The van der Waals surface area contributed by atoms with E-state index in [1.807, 2.05) is 0 Å². The van der Waals surface area contributed by atoms with Crippen molar-refractivity contribution in [3.8, 4) is 0 Å². The van der Waals surface area contributed by atoms with Crippen LogP contribution in [0.15, 0.2) is 0 Å². The number of carbonyl (C=O) groups excluding carboxylic acids is 3. The minimum absolute atomic E-state index is 0.0239. The molecule has 0 fully saturated rings. The normalized spacial score (nSPS) is 10.9. The van der Waals surface area contributed by atoms with E-state index in [4.69, 9.17) is 9.47 Å². The van der Waals surface area contributed by atoms with Gasteiger partial charge in [0.15, 0.2) is 6.04 Å². The van der Waals surface area contributed by atoms with Crippen LogP contribution < -0.4 is 5.32 Å². The number of rotatable bonds is 20. The highest BCUT2D eigenvalue weighted by Crippen LogP contribution is 2.01. The number of unbranched alkanes of at least 4 members (excludes halogenated alkanes) is 1. The number of nitrogens with one attached hydrogen (secondary N) is 1. The molecule has 0 saturated heterocycles. The maximum Gasteiger partial charge on any atom is 0.332 e. The first-order valence-electron chi connectivity index (χ1n) is 9.55. The van der Waals surface area contributed by atoms with Crippen molar-refractivity contribution in [2.45, 2.75) is 44.6 Å². The van der Waals surface area contributed by atoms with Crippen molar-refractivity contribution in [3.05, 3.63) is 30.3 Å². The molecule has 0 bridgehead atoms. The number of amides is 1. The third-order valence-corrected chi connectivity index (χ3v) is 3.48. The highest BCUT2D eigenvalue weighted by molar-refractivity contribution is 5.84. The second kappa shape index (κ2) is 17.7. The molecule has 0 aromatic carbocycles. The maximum atomic E-state index is 12.2. The number of carbonyl (C=O) groups is 3. The number of nitrogens with zero attached hydrogens (tertiary/aromatic N) is 3. The summed E-state index contributed by atoms with van der Waals surface area (Å²) in [6.07, 6.45) is -0.108. The van der Waals surface area contributed by atoms with E-state index >= 15 is 0 Å². The lowest BCUT2D eigenvalue weighted by atomic mass is 10.2. The Morgan fingerprint density at radius 2 is 1.18 bits per heavy atom. The van der Waals surface area contributed by atoms with E-state index in [-0.39, 0.29) is 65.0 Å². The monoisotopic (exact) mass is 484 g/mol. The van der Waals surface area contributed by atoms with Gasteiger partial charge >= 0.3 is 11.9 Å². The lowest BCUT2D eigenvalue weighted by molar-refractivity contribution is -0.757. The lowest BCUT2D eigenvalue weighted by Gasteiger charge is -2.18. The zero-order valence-electron chi connectivity index (χ0n) is 17.4. The molecule has 1 unspecified atom stereocenters. The van der Waals surface area contributed by atoms with Gasteiger partial charge in [-0.15, -0.1) is 30.3 Å². The van der Waals surface area contributed by atoms with Crippen molar-refractivity contribution in [2.75, 3.05) is 33.0 Å². The molecule has 0 aliphatic carbocycles. The van der Waals surface area contributed by atoms with Crippen molar-refractivity contribution < 1.29 is 53.6 Å². The van der Waals surface area contributed by atoms with Crippen LogP contribution in [-0.2, 0) is 38.4 Å². The molecule has 1 N–H and O–H groups in total. The third kappa shape index (κ3) is 18.5. The number of ether oxygens (including phenoxy) is 2. The average Bonchev–Trinajstić information content (AvgIpc) is 2.73. The largest absolute Gasteiger partial charge is 0.464 e. The molecule has 0 aliphatic heterocycles. The summed E-state index contributed by atoms with van der Waals surface area (Å²) >= 11 is 0. The molecule has 1 atom stereocenters. The molecular formula is C15H24N4O14. The highest BCUT2D eigenvalue weighted by Gasteiger charge is 2.24. The zero-order chi connectivity index (χ0) is 25.1. The first kappa shape index (κ1) is 29.0. The molecule has 0 radical (unpaired) electrons. The highest BCUT2D eigenvalue weighted by atomic mass is 17.0. The van der Waals surface area contributed by atoms with E-state index in [0.29, 0.717) is 0 Å². The van der Waals surface area contributed by atoms with Gasteiger partial charge in [0.1, 0.15) is 6.61 Å². The molecule has 33 heavy (non-hydrogen) atoms. The Morgan fingerprint density at radius 3 is 1.73 bits per heavy atom. The van der Waals surface area contributed by atoms with Crippen LogP contribution in [0.4, 0.5) is 0 Å². The molecule has 0 aromatic heterocycles. The van der Waals surface area contributed by atoms with Crippen LogP contribution in [0.5, 0.6) is 0 Å². The zero-order valence-corrected chi connectivity index (χ0v) is 17.4. The van der Waals surface area contributed by atoms with Gasteiger partial charge in [-0.25, -0.2) is 4.79 Å². The van der Waals surface area contributed by atoms with Crippen molar-refractivity contribution >= 4 is 17.8 Å². The van der Waals surface area contributed by atoms with E-state index in [1.54, 1.807) is 0 Å². The van der Waals surface area contributed by atoms with E-state index in [0.717, 1.165) is 0 Å². The van der Waals surface area contributed by atoms with Crippen LogP contribution in [0.1, 0.15) is 38.5 Å². The van der Waals surface area contributed by atoms with Gasteiger partial charge in [0, 0.05) is 12.8 Å². The molecule has 0 saturated carbocycles. The summed E-state index contributed by atoms with van der Waals surface area (Å²) in [6, 6.07) is -1.40. The van der Waals surface area contributed by atoms with Crippen LogP contribution in [0.3, 0.4) is 0 Å². The van der Waals surface area contributed by atoms with Gasteiger partial charge in [-0.05, 0) is 25.7 Å². The van der Waals surface area contributed by atoms with Crippen LogP contribution in [0.2, 0.25) is 0 Å². The fraction of sp³-hybridized carbons (Fsp3) is 0.800. The Morgan fingerprint density at radius 1 is 0.697 bits per heavy atom. The molecule has 0 aliphatic rings. The van der Waals surface area contributed by atoms with Gasteiger partial charge < -0.3 is 29.3 Å². The van der Waals surface area contributed by atoms with E-state index in [1.165, 1.54) is 0 Å². The molecule has 188 valence electrons. The van der Waals surface area contributed by atoms with Gasteiger partial charge in [0.2, 0.25) is 5.91 Å². The second-order valence-electron chi connectivity index (χ2n) is 6.06. The summed E-state index contributed by atoms with van der Waals surface area (Å²) in [5.74, 6) is -2.46. The van der Waals surface area contributed by atoms with E-state index < -0.39 is 45.8 Å². The summed E-state index contributed by atoms with van der Waals surface area (Å²) in [6.45, 7) is -1.64. The molecule has 0 heterocycles. The first-order valence-corrected chi connectivity index (χ1v) is 9.55. The van der Waals surface area contributed by atoms with Crippen LogP contribution in [-0.4, -0.2) is 72.2 Å². The van der Waals surface area contributed by atoms with Crippen LogP contribution >= 0.6 is 0 Å². The summed E-state index contributed by atoms with van der Waals surface area (Å²) in [7, 11) is 0. The average molecular weight is 484 g/mol. The minimum Gasteiger partial charge on any atom is -0.464 e. The topological polar surface area (TPSA) is 239 Å².